The van der Waals surface area contributed by atoms with Crippen molar-refractivity contribution in [1.29, 1.82) is 0 Å². The van der Waals surface area contributed by atoms with Gasteiger partial charge in [-0.15, -0.1) is 0 Å². The van der Waals surface area contributed by atoms with Crippen molar-refractivity contribution < 1.29 is 9.90 Å². The number of hydrogen-bond donors (Lipinski definition) is 2. The van der Waals surface area contributed by atoms with Gasteiger partial charge in [-0.1, -0.05) is 28.1 Å². The summed E-state index contributed by atoms with van der Waals surface area (Å²) >= 11 is 3.40. The molecule has 0 radical (unpaired) electrons. The number of nitrogens with zero attached hydrogens (tertiary/aromatic N) is 2. The zero-order valence-corrected chi connectivity index (χ0v) is 13.5. The number of aromatic amines is 1. The zero-order valence-electron chi connectivity index (χ0n) is 11.9. The van der Waals surface area contributed by atoms with Gasteiger partial charge in [0, 0.05) is 21.6 Å². The van der Waals surface area contributed by atoms with Gasteiger partial charge in [0.25, 0.3) is 5.91 Å². The number of benzene rings is 2. The second kappa shape index (κ2) is 5.24. The number of hydrogen-bond acceptors (Lipinski definition) is 3. The maximum absolute atomic E-state index is 12.4. The number of nitrogens with one attached hydrogen (secondary N) is 1. The van der Waals surface area contributed by atoms with E-state index < -0.39 is 6.04 Å². The molecule has 0 bridgehead atoms. The lowest BCUT2D eigenvalue weighted by Crippen LogP contribution is -2.29. The molecule has 23 heavy (non-hydrogen) atoms. The van der Waals surface area contributed by atoms with E-state index in [2.05, 4.69) is 26.1 Å². The molecular formula is C17H12BrN3O2. The molecule has 0 spiro atoms. The summed E-state index contributed by atoms with van der Waals surface area (Å²) in [6.07, 6.45) is 3.00. The van der Waals surface area contributed by atoms with E-state index in [0.29, 0.717) is 5.69 Å². The Morgan fingerprint density at radius 3 is 2.74 bits per heavy atom. The van der Waals surface area contributed by atoms with Gasteiger partial charge in [0.1, 0.15) is 11.8 Å². The summed E-state index contributed by atoms with van der Waals surface area (Å²) in [4.78, 5) is 13.9. The average molecular weight is 370 g/mol. The molecule has 2 heterocycles. The van der Waals surface area contributed by atoms with Crippen LogP contribution in [-0.2, 0) is 4.79 Å². The summed E-state index contributed by atoms with van der Waals surface area (Å²) in [5.41, 5.74) is 2.40. The second-order valence-corrected chi connectivity index (χ2v) is 6.29. The molecule has 2 aromatic carbocycles. The molecule has 3 aromatic rings. The van der Waals surface area contributed by atoms with E-state index in [4.69, 9.17) is 0 Å². The average Bonchev–Trinajstić information content (AvgIpc) is 3.11. The largest absolute Gasteiger partial charge is 0.510 e. The Morgan fingerprint density at radius 1 is 1.17 bits per heavy atom. The number of H-pyrrole nitrogens is 1. The summed E-state index contributed by atoms with van der Waals surface area (Å²) in [5, 5.41) is 18.1. The lowest BCUT2D eigenvalue weighted by Gasteiger charge is -2.26. The van der Waals surface area contributed by atoms with E-state index in [0.717, 1.165) is 20.9 Å². The molecule has 6 heteroatoms. The SMILES string of the molecule is O=C1C=C(O)C(c2ccc(Br)cc2)N1c1ccc2cn[nH]c2c1. The highest BCUT2D eigenvalue weighted by atomic mass is 79.9. The van der Waals surface area contributed by atoms with Crippen LogP contribution in [0.15, 0.2) is 65.0 Å². The van der Waals surface area contributed by atoms with Gasteiger partial charge in [-0.3, -0.25) is 14.8 Å². The van der Waals surface area contributed by atoms with Crippen LogP contribution in [0, 0.1) is 0 Å². The Hall–Kier alpha value is -2.60. The van der Waals surface area contributed by atoms with Crippen molar-refractivity contribution in [2.45, 2.75) is 6.04 Å². The number of fused-ring (bicyclic) bond motifs is 1. The first kappa shape index (κ1) is 14.0. The fourth-order valence-corrected chi connectivity index (χ4v) is 3.11. The standard InChI is InChI=1S/C17H12BrN3O2/c18-12-4-1-10(2-5-12)17-15(22)8-16(23)21(17)13-6-3-11-9-19-20-14(11)7-13/h1-9,17,22H,(H,19,20). The topological polar surface area (TPSA) is 69.2 Å². The van der Waals surface area contributed by atoms with E-state index in [-0.39, 0.29) is 11.7 Å². The molecule has 0 fully saturated rings. The van der Waals surface area contributed by atoms with Crippen LogP contribution in [0.25, 0.3) is 10.9 Å². The molecule has 114 valence electrons. The number of aliphatic hydroxyl groups excluding tert-OH is 1. The van der Waals surface area contributed by atoms with Crippen molar-refractivity contribution in [2.24, 2.45) is 0 Å². The van der Waals surface area contributed by atoms with Gasteiger partial charge in [0.15, 0.2) is 0 Å². The van der Waals surface area contributed by atoms with Gasteiger partial charge >= 0.3 is 0 Å². The summed E-state index contributed by atoms with van der Waals surface area (Å²) < 4.78 is 0.944. The van der Waals surface area contributed by atoms with Crippen LogP contribution in [0.1, 0.15) is 11.6 Å². The maximum Gasteiger partial charge on any atom is 0.255 e. The third-order valence-corrected chi connectivity index (χ3v) is 4.47. The molecule has 0 saturated heterocycles. The number of carbonyl (C=O) groups is 1. The monoisotopic (exact) mass is 369 g/mol. The van der Waals surface area contributed by atoms with E-state index in [9.17, 15) is 9.90 Å². The van der Waals surface area contributed by atoms with Crippen molar-refractivity contribution >= 4 is 38.4 Å². The van der Waals surface area contributed by atoms with Gasteiger partial charge in [-0.05, 0) is 35.9 Å². The van der Waals surface area contributed by atoms with Crippen LogP contribution < -0.4 is 4.90 Å². The number of amides is 1. The summed E-state index contributed by atoms with van der Waals surface area (Å²) in [6, 6.07) is 12.7. The number of carbonyl (C=O) groups excluding carboxylic acids is 1. The van der Waals surface area contributed by atoms with Crippen LogP contribution in [0.2, 0.25) is 0 Å². The lowest BCUT2D eigenvalue weighted by atomic mass is 10.0. The summed E-state index contributed by atoms with van der Waals surface area (Å²) in [5.74, 6) is -0.198. The Morgan fingerprint density at radius 2 is 1.96 bits per heavy atom. The smallest absolute Gasteiger partial charge is 0.255 e. The number of halogens is 1. The van der Waals surface area contributed by atoms with Gasteiger partial charge in [-0.25, -0.2) is 0 Å². The minimum absolute atomic E-state index is 0.0435. The Balaban J connectivity index is 1.81. The summed E-state index contributed by atoms with van der Waals surface area (Å²) in [6.45, 7) is 0. The van der Waals surface area contributed by atoms with E-state index in [1.165, 1.54) is 6.08 Å². The predicted octanol–water partition coefficient (Wildman–Crippen LogP) is 3.86. The molecule has 5 nitrogen and oxygen atoms in total. The van der Waals surface area contributed by atoms with Crippen LogP contribution in [0.3, 0.4) is 0 Å². The first-order valence-electron chi connectivity index (χ1n) is 7.06. The maximum atomic E-state index is 12.4. The zero-order chi connectivity index (χ0) is 16.0. The molecule has 1 amide bonds. The quantitative estimate of drug-likeness (QED) is 0.720. The van der Waals surface area contributed by atoms with Crippen LogP contribution in [0.4, 0.5) is 5.69 Å². The summed E-state index contributed by atoms with van der Waals surface area (Å²) in [7, 11) is 0. The highest BCUT2D eigenvalue weighted by Crippen LogP contribution is 2.37. The molecule has 2 N–H and O–H groups in total. The first-order valence-corrected chi connectivity index (χ1v) is 7.85. The Labute approximate surface area is 140 Å². The highest BCUT2D eigenvalue weighted by Gasteiger charge is 2.35. The molecular weight excluding hydrogens is 358 g/mol. The molecule has 1 aliphatic heterocycles. The Bertz CT molecular complexity index is 930. The minimum atomic E-state index is -0.518. The first-order chi connectivity index (χ1) is 11.1. The van der Waals surface area contributed by atoms with E-state index in [1.807, 2.05) is 42.5 Å². The van der Waals surface area contributed by atoms with Crippen molar-refractivity contribution in [3.63, 3.8) is 0 Å². The third-order valence-electron chi connectivity index (χ3n) is 3.94. The van der Waals surface area contributed by atoms with Crippen molar-refractivity contribution in [3.8, 4) is 0 Å². The van der Waals surface area contributed by atoms with E-state index in [1.54, 1.807) is 11.1 Å². The van der Waals surface area contributed by atoms with Crippen LogP contribution in [0.5, 0.6) is 0 Å². The molecule has 1 atom stereocenters. The molecule has 0 saturated carbocycles. The normalized spacial score (nSPS) is 17.8. The fourth-order valence-electron chi connectivity index (χ4n) is 2.85. The molecule has 1 aliphatic rings. The third kappa shape index (κ3) is 2.31. The van der Waals surface area contributed by atoms with Crippen molar-refractivity contribution in [2.75, 3.05) is 4.90 Å². The molecule has 1 aromatic heterocycles. The van der Waals surface area contributed by atoms with Gasteiger partial charge in [-0.2, -0.15) is 5.10 Å². The highest BCUT2D eigenvalue weighted by molar-refractivity contribution is 9.10. The van der Waals surface area contributed by atoms with Crippen molar-refractivity contribution in [3.05, 3.63) is 70.5 Å². The van der Waals surface area contributed by atoms with E-state index >= 15 is 0 Å². The van der Waals surface area contributed by atoms with Crippen molar-refractivity contribution in [1.82, 2.24) is 10.2 Å². The number of aromatic nitrogens is 2. The number of aliphatic hydroxyl groups is 1. The molecule has 4 rings (SSSR count). The Kier molecular flexibility index (Phi) is 3.20. The fraction of sp³-hybridized carbons (Fsp3) is 0.0588. The second-order valence-electron chi connectivity index (χ2n) is 5.37. The van der Waals surface area contributed by atoms with Gasteiger partial charge in [0.05, 0.1) is 11.7 Å². The van der Waals surface area contributed by atoms with Gasteiger partial charge < -0.3 is 5.11 Å². The molecule has 0 aliphatic carbocycles. The minimum Gasteiger partial charge on any atom is -0.510 e. The molecule has 1 unspecified atom stereocenters. The van der Waals surface area contributed by atoms with Crippen LogP contribution >= 0.6 is 15.9 Å². The predicted molar refractivity (Wildman–Crippen MR) is 91.2 cm³/mol. The number of anilines is 1. The lowest BCUT2D eigenvalue weighted by molar-refractivity contribution is -0.113. The number of rotatable bonds is 2. The van der Waals surface area contributed by atoms with Gasteiger partial charge in [0.2, 0.25) is 0 Å². The van der Waals surface area contributed by atoms with Crippen LogP contribution in [-0.4, -0.2) is 21.2 Å².